The SMILES string of the molecule is CC[C@@H]1CN(Cc2cc(C(c3ccc(C(C)=O)s3)C(C)(C)C(=O)O)ccc2C)S(=O)(=O)c2cnccc2O1. The van der Waals surface area contributed by atoms with Gasteiger partial charge in [-0.05, 0) is 69.0 Å². The van der Waals surface area contributed by atoms with E-state index in [2.05, 4.69) is 4.98 Å². The number of sulfonamides is 1. The van der Waals surface area contributed by atoms with Crippen molar-refractivity contribution in [1.29, 1.82) is 0 Å². The lowest BCUT2D eigenvalue weighted by Crippen LogP contribution is -2.36. The predicted molar refractivity (Wildman–Crippen MR) is 145 cm³/mol. The molecule has 0 fully saturated rings. The van der Waals surface area contributed by atoms with E-state index in [1.165, 1.54) is 35.0 Å². The Morgan fingerprint density at radius 1 is 1.24 bits per heavy atom. The van der Waals surface area contributed by atoms with Gasteiger partial charge in [0, 0.05) is 23.5 Å². The molecule has 2 atom stereocenters. The number of aromatic nitrogens is 1. The molecule has 38 heavy (non-hydrogen) atoms. The van der Waals surface area contributed by atoms with Crippen molar-refractivity contribution in [3.63, 3.8) is 0 Å². The largest absolute Gasteiger partial charge is 0.488 e. The number of hydrogen-bond donors (Lipinski definition) is 1. The second-order valence-corrected chi connectivity index (χ2v) is 13.2. The number of aryl methyl sites for hydroxylation is 1. The lowest BCUT2D eigenvalue weighted by molar-refractivity contribution is -0.147. The first kappa shape index (κ1) is 27.9. The van der Waals surface area contributed by atoms with Gasteiger partial charge in [0.05, 0.1) is 23.0 Å². The van der Waals surface area contributed by atoms with E-state index >= 15 is 0 Å². The molecule has 1 unspecified atom stereocenters. The predicted octanol–water partition coefficient (Wildman–Crippen LogP) is 5.26. The number of Topliss-reactive ketones (excluding diaryl/α,β-unsaturated/α-hetero) is 1. The molecule has 2 aromatic heterocycles. The van der Waals surface area contributed by atoms with Crippen molar-refractivity contribution in [1.82, 2.24) is 9.29 Å². The number of carbonyl (C=O) groups excluding carboxylic acids is 1. The maximum Gasteiger partial charge on any atom is 0.310 e. The number of carbonyl (C=O) groups is 2. The van der Waals surface area contributed by atoms with E-state index < -0.39 is 27.3 Å². The standard InChI is InChI=1S/C28H32N2O6S2/c1-6-21-16-30(38(34,35)25-14-29-12-11-22(25)36-21)15-20-13-19(8-7-17(20)2)26(28(4,5)27(32)33)24-10-9-23(37-24)18(3)31/h7-14,21,26H,6,15-16H2,1-5H3,(H,32,33)/t21-,26?/m1/s1. The summed E-state index contributed by atoms with van der Waals surface area (Å²) >= 11 is 1.29. The quantitative estimate of drug-likeness (QED) is 0.377. The van der Waals surface area contributed by atoms with Gasteiger partial charge < -0.3 is 9.84 Å². The zero-order valence-electron chi connectivity index (χ0n) is 22.1. The van der Waals surface area contributed by atoms with Crippen LogP contribution in [0.5, 0.6) is 5.75 Å². The Balaban J connectivity index is 1.79. The maximum atomic E-state index is 13.7. The Bertz CT molecular complexity index is 1480. The number of aliphatic carboxylic acids is 1. The molecule has 0 aliphatic carbocycles. The molecular weight excluding hydrogens is 524 g/mol. The van der Waals surface area contributed by atoms with Crippen LogP contribution < -0.4 is 4.74 Å². The molecule has 4 rings (SSSR count). The lowest BCUT2D eigenvalue weighted by Gasteiger charge is -2.31. The number of ether oxygens (including phenoxy) is 1. The van der Waals surface area contributed by atoms with Crippen LogP contribution in [0, 0.1) is 12.3 Å². The van der Waals surface area contributed by atoms with E-state index in [0.717, 1.165) is 21.6 Å². The summed E-state index contributed by atoms with van der Waals surface area (Å²) in [4.78, 5) is 29.7. The van der Waals surface area contributed by atoms with Crippen LogP contribution in [0.3, 0.4) is 0 Å². The Kier molecular flexibility index (Phi) is 7.79. The van der Waals surface area contributed by atoms with Crippen LogP contribution in [0.25, 0.3) is 0 Å². The maximum absolute atomic E-state index is 13.7. The highest BCUT2D eigenvalue weighted by molar-refractivity contribution is 7.89. The van der Waals surface area contributed by atoms with Gasteiger partial charge >= 0.3 is 5.97 Å². The van der Waals surface area contributed by atoms with Gasteiger partial charge in [-0.25, -0.2) is 8.42 Å². The summed E-state index contributed by atoms with van der Waals surface area (Å²) in [7, 11) is -3.89. The van der Waals surface area contributed by atoms with E-state index in [1.807, 2.05) is 38.1 Å². The third kappa shape index (κ3) is 5.25. The van der Waals surface area contributed by atoms with E-state index in [-0.39, 0.29) is 29.9 Å². The third-order valence-electron chi connectivity index (χ3n) is 7.11. The van der Waals surface area contributed by atoms with Gasteiger partial charge in [0.2, 0.25) is 10.0 Å². The van der Waals surface area contributed by atoms with E-state index in [9.17, 15) is 23.1 Å². The van der Waals surface area contributed by atoms with Crippen LogP contribution in [-0.2, 0) is 21.4 Å². The molecular formula is C28H32N2O6S2. The summed E-state index contributed by atoms with van der Waals surface area (Å²) in [6, 6.07) is 10.8. The molecule has 0 bridgehead atoms. The molecule has 8 nitrogen and oxygen atoms in total. The van der Waals surface area contributed by atoms with Crippen molar-refractivity contribution >= 4 is 33.1 Å². The first-order valence-corrected chi connectivity index (χ1v) is 14.7. The van der Waals surface area contributed by atoms with Gasteiger partial charge in [0.25, 0.3) is 0 Å². The summed E-state index contributed by atoms with van der Waals surface area (Å²) in [5.74, 6) is -1.30. The monoisotopic (exact) mass is 556 g/mol. The number of carboxylic acids is 1. The number of rotatable bonds is 8. The fraction of sp³-hybridized carbons (Fsp3) is 0.393. The Hall–Kier alpha value is -3.08. The zero-order valence-corrected chi connectivity index (χ0v) is 23.7. The highest BCUT2D eigenvalue weighted by Crippen LogP contribution is 2.44. The molecule has 1 N–H and O–H groups in total. The average molecular weight is 557 g/mol. The van der Waals surface area contributed by atoms with Crippen molar-refractivity contribution in [2.75, 3.05) is 6.54 Å². The van der Waals surface area contributed by atoms with Gasteiger partial charge in [-0.1, -0.05) is 25.1 Å². The van der Waals surface area contributed by atoms with Gasteiger partial charge in [-0.2, -0.15) is 4.31 Å². The molecule has 202 valence electrons. The summed E-state index contributed by atoms with van der Waals surface area (Å²) < 4.78 is 34.7. The first-order chi connectivity index (χ1) is 17.9. The lowest BCUT2D eigenvalue weighted by atomic mass is 9.73. The van der Waals surface area contributed by atoms with Crippen molar-refractivity contribution in [3.05, 3.63) is 75.2 Å². The Labute approximate surface area is 227 Å². The van der Waals surface area contributed by atoms with Crippen molar-refractivity contribution in [3.8, 4) is 5.75 Å². The molecule has 0 saturated heterocycles. The van der Waals surface area contributed by atoms with E-state index in [4.69, 9.17) is 4.74 Å². The highest BCUT2D eigenvalue weighted by atomic mass is 32.2. The van der Waals surface area contributed by atoms with Crippen LogP contribution >= 0.6 is 11.3 Å². The van der Waals surface area contributed by atoms with Crippen LogP contribution in [0.4, 0.5) is 0 Å². The van der Waals surface area contributed by atoms with Gasteiger partial charge in [-0.15, -0.1) is 11.3 Å². The normalized spacial score (nSPS) is 18.2. The summed E-state index contributed by atoms with van der Waals surface area (Å²) in [6.07, 6.45) is 3.12. The van der Waals surface area contributed by atoms with Gasteiger partial charge in [0.1, 0.15) is 16.7 Å². The second kappa shape index (κ2) is 10.6. The molecule has 0 spiro atoms. The molecule has 0 saturated carbocycles. The smallest absolute Gasteiger partial charge is 0.310 e. The number of ketones is 1. The molecule has 1 aromatic carbocycles. The van der Waals surface area contributed by atoms with Gasteiger partial charge in [-0.3, -0.25) is 14.6 Å². The van der Waals surface area contributed by atoms with Crippen molar-refractivity contribution < 1.29 is 27.9 Å². The fourth-order valence-electron chi connectivity index (χ4n) is 4.69. The molecule has 0 amide bonds. The van der Waals surface area contributed by atoms with Gasteiger partial charge in [0.15, 0.2) is 5.78 Å². The number of thiophene rings is 1. The summed E-state index contributed by atoms with van der Waals surface area (Å²) in [6.45, 7) is 8.94. The molecule has 1 aliphatic rings. The number of benzene rings is 1. The molecule has 3 aromatic rings. The highest BCUT2D eigenvalue weighted by Gasteiger charge is 2.40. The minimum absolute atomic E-state index is 0.0324. The molecule has 1 aliphatic heterocycles. The first-order valence-electron chi connectivity index (χ1n) is 12.4. The second-order valence-electron chi connectivity index (χ2n) is 10.2. The van der Waals surface area contributed by atoms with Crippen molar-refractivity contribution in [2.24, 2.45) is 5.41 Å². The van der Waals surface area contributed by atoms with E-state index in [0.29, 0.717) is 17.0 Å². The van der Waals surface area contributed by atoms with Crippen LogP contribution in [0.1, 0.15) is 71.3 Å². The summed E-state index contributed by atoms with van der Waals surface area (Å²) in [5, 5.41) is 10.1. The topological polar surface area (TPSA) is 114 Å². The average Bonchev–Trinajstić information content (AvgIpc) is 3.31. The Morgan fingerprint density at radius 3 is 2.61 bits per heavy atom. The Morgan fingerprint density at radius 2 is 1.97 bits per heavy atom. The minimum atomic E-state index is -3.89. The van der Waals surface area contributed by atoms with Crippen LogP contribution in [0.15, 0.2) is 53.7 Å². The molecule has 0 radical (unpaired) electrons. The minimum Gasteiger partial charge on any atom is -0.488 e. The third-order valence-corrected chi connectivity index (χ3v) is 10.2. The molecule has 3 heterocycles. The summed E-state index contributed by atoms with van der Waals surface area (Å²) in [5.41, 5.74) is 1.21. The van der Waals surface area contributed by atoms with Crippen molar-refractivity contribution in [2.45, 2.75) is 64.5 Å². The zero-order chi connectivity index (χ0) is 27.8. The number of pyridine rings is 1. The number of fused-ring (bicyclic) bond motifs is 1. The number of nitrogens with zero attached hydrogens (tertiary/aromatic N) is 2. The number of carboxylic acid groups (broad SMARTS) is 1. The molecule has 10 heteroatoms. The fourth-order valence-corrected chi connectivity index (χ4v) is 7.42. The number of hydrogen-bond acceptors (Lipinski definition) is 7. The van der Waals surface area contributed by atoms with E-state index in [1.54, 1.807) is 26.0 Å². The van der Waals surface area contributed by atoms with Crippen LogP contribution in [0.2, 0.25) is 0 Å². The van der Waals surface area contributed by atoms with Crippen LogP contribution in [-0.4, -0.2) is 47.2 Å².